The largest absolute Gasteiger partial charge is 0.385 e. The second-order valence-corrected chi connectivity index (χ2v) is 6.96. The standard InChI is InChI=1S/C21H27FN4O/c1-24(2)19-9-5-18(6-10-19)23-12-11-21(27)26-15-13-25(14-16-26)20-7-3-17(22)4-8-20/h3-10,23H,11-16H2,1-2H3. The van der Waals surface area contributed by atoms with Crippen LogP contribution in [0.2, 0.25) is 0 Å². The number of carbonyl (C=O) groups is 1. The van der Waals surface area contributed by atoms with E-state index in [-0.39, 0.29) is 11.7 Å². The molecule has 0 bridgehead atoms. The van der Waals surface area contributed by atoms with Crippen molar-refractivity contribution in [2.75, 3.05) is 61.9 Å². The summed E-state index contributed by atoms with van der Waals surface area (Å²) in [5, 5.41) is 3.31. The Hall–Kier alpha value is -2.76. The molecule has 0 radical (unpaired) electrons. The molecule has 1 N–H and O–H groups in total. The molecule has 144 valence electrons. The molecule has 0 unspecified atom stereocenters. The summed E-state index contributed by atoms with van der Waals surface area (Å²) in [5.74, 6) is -0.0532. The highest BCUT2D eigenvalue weighted by atomic mass is 19.1. The normalized spacial score (nSPS) is 14.2. The second kappa shape index (κ2) is 8.75. The maximum Gasteiger partial charge on any atom is 0.224 e. The van der Waals surface area contributed by atoms with E-state index in [1.807, 2.05) is 31.1 Å². The van der Waals surface area contributed by atoms with Crippen LogP contribution < -0.4 is 15.1 Å². The topological polar surface area (TPSA) is 38.8 Å². The van der Waals surface area contributed by atoms with Crippen LogP contribution in [-0.2, 0) is 4.79 Å². The number of halogens is 1. The van der Waals surface area contributed by atoms with Gasteiger partial charge in [-0.25, -0.2) is 4.39 Å². The fourth-order valence-electron chi connectivity index (χ4n) is 3.22. The molecular weight excluding hydrogens is 343 g/mol. The molecule has 6 heteroatoms. The van der Waals surface area contributed by atoms with Crippen LogP contribution >= 0.6 is 0 Å². The van der Waals surface area contributed by atoms with Crippen molar-refractivity contribution in [2.45, 2.75) is 6.42 Å². The maximum atomic E-state index is 13.0. The Morgan fingerprint density at radius 3 is 2.22 bits per heavy atom. The second-order valence-electron chi connectivity index (χ2n) is 6.96. The average Bonchev–Trinajstić information content (AvgIpc) is 2.69. The van der Waals surface area contributed by atoms with E-state index in [4.69, 9.17) is 0 Å². The SMILES string of the molecule is CN(C)c1ccc(NCCC(=O)N2CCN(c3ccc(F)cc3)CC2)cc1. The van der Waals surface area contributed by atoms with E-state index >= 15 is 0 Å². The summed E-state index contributed by atoms with van der Waals surface area (Å²) in [6.45, 7) is 3.58. The van der Waals surface area contributed by atoms with Crippen LogP contribution in [0.3, 0.4) is 0 Å². The minimum Gasteiger partial charge on any atom is -0.385 e. The minimum absolute atomic E-state index is 0.172. The Kier molecular flexibility index (Phi) is 6.16. The first-order valence-electron chi connectivity index (χ1n) is 9.32. The van der Waals surface area contributed by atoms with Gasteiger partial charge in [0, 0.05) is 70.3 Å². The molecule has 1 saturated heterocycles. The highest BCUT2D eigenvalue weighted by molar-refractivity contribution is 5.77. The molecule has 1 aliphatic rings. The fourth-order valence-corrected chi connectivity index (χ4v) is 3.22. The molecule has 2 aromatic rings. The summed E-state index contributed by atoms with van der Waals surface area (Å²) >= 11 is 0. The zero-order valence-electron chi connectivity index (χ0n) is 16.0. The van der Waals surface area contributed by atoms with Crippen molar-refractivity contribution >= 4 is 23.0 Å². The van der Waals surface area contributed by atoms with Gasteiger partial charge in [0.25, 0.3) is 0 Å². The van der Waals surface area contributed by atoms with Crippen LogP contribution in [0.15, 0.2) is 48.5 Å². The summed E-state index contributed by atoms with van der Waals surface area (Å²) in [4.78, 5) is 18.6. The van der Waals surface area contributed by atoms with Crippen LogP contribution in [0.25, 0.3) is 0 Å². The van der Waals surface area contributed by atoms with Crippen LogP contribution in [0.4, 0.5) is 21.5 Å². The molecule has 1 aliphatic heterocycles. The Labute approximate surface area is 160 Å². The van der Waals surface area contributed by atoms with E-state index in [9.17, 15) is 9.18 Å². The van der Waals surface area contributed by atoms with Crippen molar-refractivity contribution in [1.29, 1.82) is 0 Å². The number of piperazine rings is 1. The number of carbonyl (C=O) groups excluding carboxylic acids is 1. The summed E-state index contributed by atoms with van der Waals surface area (Å²) < 4.78 is 13.0. The van der Waals surface area contributed by atoms with E-state index in [1.54, 1.807) is 12.1 Å². The van der Waals surface area contributed by atoms with E-state index < -0.39 is 0 Å². The number of benzene rings is 2. The van der Waals surface area contributed by atoms with Crippen LogP contribution in [-0.4, -0.2) is 57.6 Å². The van der Waals surface area contributed by atoms with Gasteiger partial charge in [-0.3, -0.25) is 4.79 Å². The highest BCUT2D eigenvalue weighted by Gasteiger charge is 2.20. The maximum absolute atomic E-state index is 13.0. The molecule has 1 fully saturated rings. The van der Waals surface area contributed by atoms with Crippen molar-refractivity contribution in [3.05, 3.63) is 54.3 Å². The third kappa shape index (κ3) is 5.12. The van der Waals surface area contributed by atoms with Crippen molar-refractivity contribution in [2.24, 2.45) is 0 Å². The van der Waals surface area contributed by atoms with E-state index in [0.29, 0.717) is 26.1 Å². The van der Waals surface area contributed by atoms with Gasteiger partial charge < -0.3 is 20.0 Å². The zero-order chi connectivity index (χ0) is 19.2. The van der Waals surface area contributed by atoms with Crippen molar-refractivity contribution in [3.63, 3.8) is 0 Å². The highest BCUT2D eigenvalue weighted by Crippen LogP contribution is 2.18. The Morgan fingerprint density at radius 2 is 1.63 bits per heavy atom. The number of nitrogens with one attached hydrogen (secondary N) is 1. The Balaban J connectivity index is 1.41. The van der Waals surface area contributed by atoms with Gasteiger partial charge in [0.05, 0.1) is 0 Å². The average molecular weight is 370 g/mol. The monoisotopic (exact) mass is 370 g/mol. The van der Waals surface area contributed by atoms with Crippen LogP contribution in [0, 0.1) is 5.82 Å². The van der Waals surface area contributed by atoms with Gasteiger partial charge in [-0.2, -0.15) is 0 Å². The summed E-state index contributed by atoms with van der Waals surface area (Å²) in [6, 6.07) is 14.7. The third-order valence-corrected chi connectivity index (χ3v) is 4.88. The third-order valence-electron chi connectivity index (χ3n) is 4.88. The molecule has 0 aromatic heterocycles. The lowest BCUT2D eigenvalue weighted by Crippen LogP contribution is -2.49. The van der Waals surface area contributed by atoms with Gasteiger partial charge in [-0.15, -0.1) is 0 Å². The van der Waals surface area contributed by atoms with Gasteiger partial charge in [-0.05, 0) is 48.5 Å². The quantitative estimate of drug-likeness (QED) is 0.848. The first kappa shape index (κ1) is 19.0. The molecule has 2 aromatic carbocycles. The first-order chi connectivity index (χ1) is 13.0. The molecule has 0 spiro atoms. The van der Waals surface area contributed by atoms with Gasteiger partial charge in [0.2, 0.25) is 5.91 Å². The predicted molar refractivity (Wildman–Crippen MR) is 109 cm³/mol. The van der Waals surface area contributed by atoms with Crippen molar-refractivity contribution in [1.82, 2.24) is 4.90 Å². The number of amides is 1. The lowest BCUT2D eigenvalue weighted by Gasteiger charge is -2.36. The molecule has 5 nitrogen and oxygen atoms in total. The zero-order valence-corrected chi connectivity index (χ0v) is 16.0. The molecule has 0 aliphatic carbocycles. The summed E-state index contributed by atoms with van der Waals surface area (Å²) in [5.41, 5.74) is 3.18. The van der Waals surface area contributed by atoms with Gasteiger partial charge in [0.15, 0.2) is 0 Å². The summed E-state index contributed by atoms with van der Waals surface area (Å²) in [7, 11) is 4.02. The Morgan fingerprint density at radius 1 is 1.00 bits per heavy atom. The molecule has 0 saturated carbocycles. The first-order valence-corrected chi connectivity index (χ1v) is 9.32. The van der Waals surface area contributed by atoms with Crippen LogP contribution in [0.5, 0.6) is 0 Å². The van der Waals surface area contributed by atoms with E-state index in [2.05, 4.69) is 27.2 Å². The Bertz CT molecular complexity index is 738. The number of hydrogen-bond acceptors (Lipinski definition) is 4. The van der Waals surface area contributed by atoms with E-state index in [0.717, 1.165) is 30.2 Å². The molecular formula is C21H27FN4O. The number of rotatable bonds is 6. The molecule has 1 heterocycles. The van der Waals surface area contributed by atoms with Crippen molar-refractivity contribution in [3.8, 4) is 0 Å². The minimum atomic E-state index is -0.226. The molecule has 0 atom stereocenters. The summed E-state index contributed by atoms with van der Waals surface area (Å²) in [6.07, 6.45) is 0.478. The number of nitrogens with zero attached hydrogens (tertiary/aromatic N) is 3. The lowest BCUT2D eigenvalue weighted by atomic mass is 10.2. The van der Waals surface area contributed by atoms with E-state index in [1.165, 1.54) is 12.1 Å². The predicted octanol–water partition coefficient (Wildman–Crippen LogP) is 3.04. The fraction of sp³-hybridized carbons (Fsp3) is 0.381. The van der Waals surface area contributed by atoms with Gasteiger partial charge >= 0.3 is 0 Å². The number of hydrogen-bond donors (Lipinski definition) is 1. The molecule has 1 amide bonds. The molecule has 3 rings (SSSR count). The van der Waals surface area contributed by atoms with Gasteiger partial charge in [0.1, 0.15) is 5.82 Å². The van der Waals surface area contributed by atoms with Crippen LogP contribution in [0.1, 0.15) is 6.42 Å². The molecule has 27 heavy (non-hydrogen) atoms. The van der Waals surface area contributed by atoms with Crippen molar-refractivity contribution < 1.29 is 9.18 Å². The lowest BCUT2D eigenvalue weighted by molar-refractivity contribution is -0.131. The number of anilines is 3. The smallest absolute Gasteiger partial charge is 0.224 e. The van der Waals surface area contributed by atoms with Gasteiger partial charge in [-0.1, -0.05) is 0 Å².